The molecule has 1 unspecified atom stereocenters. The molecule has 1 aliphatic heterocycles. The van der Waals surface area contributed by atoms with E-state index in [2.05, 4.69) is 36.6 Å². The van der Waals surface area contributed by atoms with E-state index in [4.69, 9.17) is 0 Å². The first-order valence-electron chi connectivity index (χ1n) is 8.35. The summed E-state index contributed by atoms with van der Waals surface area (Å²) in [6, 6.07) is 8.30. The van der Waals surface area contributed by atoms with Gasteiger partial charge in [0.15, 0.2) is 0 Å². The Morgan fingerprint density at radius 2 is 2.00 bits per heavy atom. The number of hydrogen-bond acceptors (Lipinski definition) is 2. The van der Waals surface area contributed by atoms with Gasteiger partial charge in [-0.2, -0.15) is 0 Å². The van der Waals surface area contributed by atoms with Gasteiger partial charge >= 0.3 is 0 Å². The third-order valence-corrected chi connectivity index (χ3v) is 4.39. The van der Waals surface area contributed by atoms with Crippen molar-refractivity contribution in [3.8, 4) is 0 Å². The van der Waals surface area contributed by atoms with E-state index < -0.39 is 0 Å². The largest absolute Gasteiger partial charge is 0.324 e. The normalized spacial score (nSPS) is 21.4. The Morgan fingerprint density at radius 3 is 2.57 bits per heavy atom. The Labute approximate surface area is 128 Å². The molecule has 0 saturated carbocycles. The second kappa shape index (κ2) is 7.60. The minimum Gasteiger partial charge on any atom is -0.324 e. The molecule has 1 aromatic rings. The van der Waals surface area contributed by atoms with E-state index in [1.165, 1.54) is 18.4 Å². The third kappa shape index (κ3) is 4.07. The molecule has 1 aromatic carbocycles. The Bertz CT molecular complexity index is 447. The van der Waals surface area contributed by atoms with Gasteiger partial charge in [0, 0.05) is 5.69 Å². The Balaban J connectivity index is 1.98. The van der Waals surface area contributed by atoms with Crippen LogP contribution in [0.2, 0.25) is 0 Å². The van der Waals surface area contributed by atoms with Gasteiger partial charge in [0.05, 0.1) is 5.54 Å². The lowest BCUT2D eigenvalue weighted by molar-refractivity contribution is -0.122. The lowest BCUT2D eigenvalue weighted by atomic mass is 9.90. The van der Waals surface area contributed by atoms with Crippen LogP contribution in [0.15, 0.2) is 24.3 Å². The second-order valence-corrected chi connectivity index (χ2v) is 6.12. The highest BCUT2D eigenvalue weighted by atomic mass is 16.2. The first-order chi connectivity index (χ1) is 10.2. The van der Waals surface area contributed by atoms with Gasteiger partial charge < -0.3 is 10.6 Å². The molecule has 116 valence electrons. The average Bonchev–Trinajstić information content (AvgIpc) is 2.97. The van der Waals surface area contributed by atoms with Gasteiger partial charge in [0.2, 0.25) is 5.91 Å². The van der Waals surface area contributed by atoms with Crippen molar-refractivity contribution >= 4 is 11.6 Å². The predicted octanol–water partition coefficient (Wildman–Crippen LogP) is 3.89. The lowest BCUT2D eigenvalue weighted by Gasteiger charge is -2.27. The van der Waals surface area contributed by atoms with Crippen molar-refractivity contribution in [2.24, 2.45) is 0 Å². The Hall–Kier alpha value is -1.35. The van der Waals surface area contributed by atoms with Crippen molar-refractivity contribution in [3.05, 3.63) is 29.8 Å². The molecule has 0 spiro atoms. The number of rotatable bonds is 7. The summed E-state index contributed by atoms with van der Waals surface area (Å²) in [7, 11) is 0. The van der Waals surface area contributed by atoms with Gasteiger partial charge in [-0.3, -0.25) is 4.79 Å². The quantitative estimate of drug-likeness (QED) is 0.799. The number of carbonyl (C=O) groups is 1. The maximum absolute atomic E-state index is 12.6. The van der Waals surface area contributed by atoms with Crippen LogP contribution < -0.4 is 10.6 Å². The highest BCUT2D eigenvalue weighted by Crippen LogP contribution is 2.26. The number of nitrogens with one attached hydrogen (secondary N) is 2. The molecule has 0 bridgehead atoms. The molecule has 1 atom stereocenters. The van der Waals surface area contributed by atoms with Crippen molar-refractivity contribution in [3.63, 3.8) is 0 Å². The smallest absolute Gasteiger partial charge is 0.244 e. The fraction of sp³-hybridized carbons (Fsp3) is 0.611. The molecular weight excluding hydrogens is 260 g/mol. The van der Waals surface area contributed by atoms with E-state index >= 15 is 0 Å². The number of carbonyl (C=O) groups excluding carboxylic acids is 1. The number of benzene rings is 1. The first kappa shape index (κ1) is 16.0. The zero-order valence-electron chi connectivity index (χ0n) is 13.4. The molecule has 3 heteroatoms. The molecule has 21 heavy (non-hydrogen) atoms. The Morgan fingerprint density at radius 1 is 1.24 bits per heavy atom. The van der Waals surface area contributed by atoms with Crippen LogP contribution in [0.4, 0.5) is 5.69 Å². The summed E-state index contributed by atoms with van der Waals surface area (Å²) in [5.41, 5.74) is 1.90. The predicted molar refractivity (Wildman–Crippen MR) is 88.6 cm³/mol. The van der Waals surface area contributed by atoms with Gasteiger partial charge in [-0.25, -0.2) is 0 Å². The van der Waals surface area contributed by atoms with Crippen molar-refractivity contribution in [2.75, 3.05) is 11.9 Å². The summed E-state index contributed by atoms with van der Waals surface area (Å²) in [4.78, 5) is 12.6. The van der Waals surface area contributed by atoms with Crippen LogP contribution >= 0.6 is 0 Å². The minimum atomic E-state index is -0.352. The number of anilines is 1. The SMILES string of the molecule is CCCCc1ccc(NC(=O)C2(CCC)CCCN2)cc1. The van der Waals surface area contributed by atoms with Crippen LogP contribution in [0.5, 0.6) is 0 Å². The van der Waals surface area contributed by atoms with Crippen LogP contribution in [0.1, 0.15) is 57.9 Å². The van der Waals surface area contributed by atoms with E-state index in [9.17, 15) is 4.79 Å². The van der Waals surface area contributed by atoms with Gasteiger partial charge in [0.25, 0.3) is 0 Å². The molecule has 2 rings (SSSR count). The fourth-order valence-electron chi connectivity index (χ4n) is 3.14. The van der Waals surface area contributed by atoms with Crippen LogP contribution in [0.25, 0.3) is 0 Å². The van der Waals surface area contributed by atoms with Crippen LogP contribution in [-0.4, -0.2) is 18.0 Å². The molecule has 3 nitrogen and oxygen atoms in total. The van der Waals surface area contributed by atoms with Crippen molar-refractivity contribution in [2.45, 2.75) is 64.3 Å². The molecule has 2 N–H and O–H groups in total. The van der Waals surface area contributed by atoms with Gasteiger partial charge in [-0.1, -0.05) is 38.8 Å². The summed E-state index contributed by atoms with van der Waals surface area (Å²) in [5.74, 6) is 0.128. The summed E-state index contributed by atoms with van der Waals surface area (Å²) >= 11 is 0. The summed E-state index contributed by atoms with van der Waals surface area (Å²) in [6.07, 6.45) is 7.51. The van der Waals surface area contributed by atoms with Crippen molar-refractivity contribution in [1.29, 1.82) is 0 Å². The average molecular weight is 288 g/mol. The topological polar surface area (TPSA) is 41.1 Å². The third-order valence-electron chi connectivity index (χ3n) is 4.39. The standard InChI is InChI=1S/C18H28N2O/c1-3-5-7-15-8-10-16(11-9-15)20-17(21)18(12-4-2)13-6-14-19-18/h8-11,19H,3-7,12-14H2,1-2H3,(H,20,21). The molecule has 0 aromatic heterocycles. The number of unbranched alkanes of at least 4 members (excludes halogenated alkanes) is 1. The van der Waals surface area contributed by atoms with E-state index in [-0.39, 0.29) is 11.4 Å². The zero-order chi connectivity index (χ0) is 15.1. The summed E-state index contributed by atoms with van der Waals surface area (Å²) in [5, 5.41) is 6.51. The van der Waals surface area contributed by atoms with Crippen LogP contribution in [-0.2, 0) is 11.2 Å². The number of aryl methyl sites for hydroxylation is 1. The minimum absolute atomic E-state index is 0.128. The van der Waals surface area contributed by atoms with Crippen molar-refractivity contribution < 1.29 is 4.79 Å². The van der Waals surface area contributed by atoms with Gasteiger partial charge in [-0.15, -0.1) is 0 Å². The molecule has 0 radical (unpaired) electrons. The number of hydrogen-bond donors (Lipinski definition) is 2. The number of amides is 1. The lowest BCUT2D eigenvalue weighted by Crippen LogP contribution is -2.50. The summed E-state index contributed by atoms with van der Waals surface area (Å²) < 4.78 is 0. The zero-order valence-corrected chi connectivity index (χ0v) is 13.4. The fourth-order valence-corrected chi connectivity index (χ4v) is 3.14. The molecular formula is C18H28N2O. The van der Waals surface area contributed by atoms with E-state index in [0.29, 0.717) is 0 Å². The van der Waals surface area contributed by atoms with E-state index in [1.54, 1.807) is 0 Å². The molecule has 1 amide bonds. The van der Waals surface area contributed by atoms with Crippen molar-refractivity contribution in [1.82, 2.24) is 5.32 Å². The molecule has 1 fully saturated rings. The monoisotopic (exact) mass is 288 g/mol. The van der Waals surface area contributed by atoms with E-state index in [1.807, 2.05) is 12.1 Å². The Kier molecular flexibility index (Phi) is 5.80. The van der Waals surface area contributed by atoms with Crippen LogP contribution in [0.3, 0.4) is 0 Å². The van der Waals surface area contributed by atoms with E-state index in [0.717, 1.165) is 44.3 Å². The van der Waals surface area contributed by atoms with Gasteiger partial charge in [0.1, 0.15) is 0 Å². The highest BCUT2D eigenvalue weighted by Gasteiger charge is 2.39. The second-order valence-electron chi connectivity index (χ2n) is 6.12. The van der Waals surface area contributed by atoms with Crippen LogP contribution in [0, 0.1) is 0 Å². The molecule has 1 heterocycles. The maximum atomic E-state index is 12.6. The molecule has 0 aliphatic carbocycles. The first-order valence-corrected chi connectivity index (χ1v) is 8.35. The molecule has 1 aliphatic rings. The molecule has 1 saturated heterocycles. The maximum Gasteiger partial charge on any atom is 0.244 e. The highest BCUT2D eigenvalue weighted by molar-refractivity contribution is 5.98. The van der Waals surface area contributed by atoms with Gasteiger partial charge in [-0.05, 0) is 56.3 Å². The summed E-state index contributed by atoms with van der Waals surface area (Å²) in [6.45, 7) is 5.29.